The maximum Gasteiger partial charge on any atom is 0.251 e. The van der Waals surface area contributed by atoms with Gasteiger partial charge in [0.15, 0.2) is 0 Å². The molecule has 0 radical (unpaired) electrons. The molecule has 150 valence electrons. The molecule has 3 N–H and O–H groups in total. The van der Waals surface area contributed by atoms with Crippen LogP contribution < -0.4 is 10.5 Å². The number of rotatable bonds is 6. The third kappa shape index (κ3) is 5.27. The first-order valence-corrected chi connectivity index (χ1v) is 10.4. The molecule has 0 aliphatic heterocycles. The van der Waals surface area contributed by atoms with Crippen molar-refractivity contribution < 1.29 is 22.7 Å². The predicted octanol–water partition coefficient (Wildman–Crippen LogP) is 0.726. The largest absolute Gasteiger partial charge is 0.379 e. The molecule has 2 rings (SSSR count). The second-order valence-corrected chi connectivity index (χ2v) is 8.35. The summed E-state index contributed by atoms with van der Waals surface area (Å²) in [5.74, 6) is -0.330. The highest BCUT2D eigenvalue weighted by atomic mass is 32.2. The zero-order chi connectivity index (χ0) is 20.2. The number of ether oxygens (including phenoxy) is 1. The van der Waals surface area contributed by atoms with Gasteiger partial charge in [-0.15, -0.1) is 0 Å². The fourth-order valence-corrected chi connectivity index (χ4v) is 3.81. The summed E-state index contributed by atoms with van der Waals surface area (Å²) < 4.78 is 28.1. The summed E-state index contributed by atoms with van der Waals surface area (Å²) >= 11 is 0. The summed E-state index contributed by atoms with van der Waals surface area (Å²) in [4.78, 5) is 26.5. The van der Waals surface area contributed by atoms with Crippen LogP contribution in [0.5, 0.6) is 0 Å². The Morgan fingerprint density at radius 2 is 1.89 bits per heavy atom. The molecule has 0 bridgehead atoms. The average Bonchev–Trinajstić information content (AvgIpc) is 2.66. The van der Waals surface area contributed by atoms with E-state index in [1.165, 1.54) is 24.3 Å². The minimum atomic E-state index is -3.80. The SMILES string of the molecule is CCN(C)C(=O)[C@H]1CC[C@@H](NC(=O)c2ccc(S(N)(=O)=O)cc2)[C@H](OC)C1. The van der Waals surface area contributed by atoms with Crippen LogP contribution in [0.3, 0.4) is 0 Å². The van der Waals surface area contributed by atoms with E-state index in [9.17, 15) is 18.0 Å². The van der Waals surface area contributed by atoms with Crippen LogP contribution in [-0.4, -0.2) is 58.0 Å². The molecule has 2 amide bonds. The van der Waals surface area contributed by atoms with Gasteiger partial charge in [-0.2, -0.15) is 0 Å². The van der Waals surface area contributed by atoms with E-state index in [4.69, 9.17) is 9.88 Å². The van der Waals surface area contributed by atoms with Gasteiger partial charge in [-0.05, 0) is 50.5 Å². The van der Waals surface area contributed by atoms with Crippen molar-refractivity contribution >= 4 is 21.8 Å². The van der Waals surface area contributed by atoms with Gasteiger partial charge in [0.05, 0.1) is 17.0 Å². The topological polar surface area (TPSA) is 119 Å². The first-order valence-electron chi connectivity index (χ1n) is 8.88. The molecular weight excluding hydrogens is 370 g/mol. The quantitative estimate of drug-likeness (QED) is 0.733. The number of hydrogen-bond donors (Lipinski definition) is 2. The van der Waals surface area contributed by atoms with E-state index in [1.807, 2.05) is 6.92 Å². The van der Waals surface area contributed by atoms with Gasteiger partial charge in [-0.1, -0.05) is 0 Å². The third-order valence-electron chi connectivity index (χ3n) is 5.06. The highest BCUT2D eigenvalue weighted by molar-refractivity contribution is 7.89. The minimum Gasteiger partial charge on any atom is -0.379 e. The highest BCUT2D eigenvalue weighted by Gasteiger charge is 2.35. The van der Waals surface area contributed by atoms with E-state index in [-0.39, 0.29) is 34.8 Å². The number of carbonyl (C=O) groups is 2. The molecule has 8 nitrogen and oxygen atoms in total. The monoisotopic (exact) mass is 397 g/mol. The van der Waals surface area contributed by atoms with Gasteiger partial charge < -0.3 is 15.0 Å². The summed E-state index contributed by atoms with van der Waals surface area (Å²) in [5.41, 5.74) is 0.334. The summed E-state index contributed by atoms with van der Waals surface area (Å²) in [7, 11) is -0.445. The summed E-state index contributed by atoms with van der Waals surface area (Å²) in [6, 6.07) is 5.23. The maximum absolute atomic E-state index is 12.5. The van der Waals surface area contributed by atoms with Crippen molar-refractivity contribution in [2.45, 2.75) is 43.2 Å². The van der Waals surface area contributed by atoms with Gasteiger partial charge in [-0.25, -0.2) is 13.6 Å². The lowest BCUT2D eigenvalue weighted by Gasteiger charge is -2.36. The lowest BCUT2D eigenvalue weighted by atomic mass is 9.82. The van der Waals surface area contributed by atoms with E-state index in [0.717, 1.165) is 0 Å². The third-order valence-corrected chi connectivity index (χ3v) is 5.99. The maximum atomic E-state index is 12.5. The second-order valence-electron chi connectivity index (χ2n) is 6.79. The number of amides is 2. The Morgan fingerprint density at radius 3 is 2.41 bits per heavy atom. The van der Waals surface area contributed by atoms with Crippen molar-refractivity contribution in [1.82, 2.24) is 10.2 Å². The first-order chi connectivity index (χ1) is 12.7. The lowest BCUT2D eigenvalue weighted by Crippen LogP contribution is -2.49. The average molecular weight is 397 g/mol. The summed E-state index contributed by atoms with van der Waals surface area (Å²) in [6.45, 7) is 2.58. The van der Waals surface area contributed by atoms with E-state index in [2.05, 4.69) is 5.32 Å². The van der Waals surface area contributed by atoms with Gasteiger partial charge in [0.2, 0.25) is 15.9 Å². The van der Waals surface area contributed by atoms with Crippen LogP contribution in [0.25, 0.3) is 0 Å². The number of hydrogen-bond acceptors (Lipinski definition) is 5. The Hall–Kier alpha value is -1.97. The van der Waals surface area contributed by atoms with E-state index in [1.54, 1.807) is 19.1 Å². The predicted molar refractivity (Wildman–Crippen MR) is 101 cm³/mol. The zero-order valence-electron chi connectivity index (χ0n) is 15.8. The minimum absolute atomic E-state index is 0.0483. The van der Waals surface area contributed by atoms with E-state index in [0.29, 0.717) is 31.4 Å². The smallest absolute Gasteiger partial charge is 0.251 e. The molecule has 0 saturated heterocycles. The van der Waals surface area contributed by atoms with Crippen LogP contribution in [-0.2, 0) is 19.6 Å². The van der Waals surface area contributed by atoms with Crippen molar-refractivity contribution in [2.75, 3.05) is 20.7 Å². The van der Waals surface area contributed by atoms with Gasteiger partial charge >= 0.3 is 0 Å². The Morgan fingerprint density at radius 1 is 1.26 bits per heavy atom. The van der Waals surface area contributed by atoms with Crippen LogP contribution in [0.2, 0.25) is 0 Å². The fraction of sp³-hybridized carbons (Fsp3) is 0.556. The number of nitrogens with two attached hydrogens (primary N) is 1. The fourth-order valence-electron chi connectivity index (χ4n) is 3.29. The number of nitrogens with zero attached hydrogens (tertiary/aromatic N) is 1. The van der Waals surface area contributed by atoms with Crippen LogP contribution in [0.4, 0.5) is 0 Å². The molecule has 9 heteroatoms. The normalized spacial score (nSPS) is 22.9. The van der Waals surface area contributed by atoms with Gasteiger partial charge in [0, 0.05) is 32.2 Å². The van der Waals surface area contributed by atoms with E-state index < -0.39 is 10.0 Å². The zero-order valence-corrected chi connectivity index (χ0v) is 16.7. The Bertz CT molecular complexity index is 779. The van der Waals surface area contributed by atoms with Crippen LogP contribution in [0.15, 0.2) is 29.2 Å². The number of sulfonamides is 1. The molecule has 0 heterocycles. The first kappa shape index (κ1) is 21.3. The summed E-state index contributed by atoms with van der Waals surface area (Å²) in [6.07, 6.45) is 1.60. The molecule has 3 atom stereocenters. The molecule has 0 unspecified atom stereocenters. The number of primary sulfonamides is 1. The van der Waals surface area contributed by atoms with Gasteiger partial charge in [0.1, 0.15) is 0 Å². The molecule has 1 saturated carbocycles. The van der Waals surface area contributed by atoms with Crippen molar-refractivity contribution in [3.8, 4) is 0 Å². The van der Waals surface area contributed by atoms with Gasteiger partial charge in [-0.3, -0.25) is 9.59 Å². The number of methoxy groups -OCH3 is 1. The molecular formula is C18H27N3O5S. The number of nitrogens with one attached hydrogen (secondary N) is 1. The summed E-state index contributed by atoms with van der Waals surface area (Å²) in [5, 5.41) is 7.99. The lowest BCUT2D eigenvalue weighted by molar-refractivity contribution is -0.137. The molecule has 1 aliphatic rings. The highest BCUT2D eigenvalue weighted by Crippen LogP contribution is 2.28. The Balaban J connectivity index is 2.02. The van der Waals surface area contributed by atoms with Crippen molar-refractivity contribution in [2.24, 2.45) is 11.1 Å². The van der Waals surface area contributed by atoms with Crippen LogP contribution in [0.1, 0.15) is 36.5 Å². The van der Waals surface area contributed by atoms with Crippen LogP contribution >= 0.6 is 0 Å². The molecule has 1 aromatic rings. The molecule has 0 aromatic heterocycles. The van der Waals surface area contributed by atoms with Crippen molar-refractivity contribution in [3.63, 3.8) is 0 Å². The van der Waals surface area contributed by atoms with Gasteiger partial charge in [0.25, 0.3) is 5.91 Å². The second kappa shape index (κ2) is 8.81. The Labute approximate surface area is 160 Å². The molecule has 27 heavy (non-hydrogen) atoms. The standard InChI is InChI=1S/C18H27N3O5S/c1-4-21(2)18(23)13-7-10-15(16(11-13)26-3)20-17(22)12-5-8-14(9-6-12)27(19,24)25/h5-6,8-9,13,15-16H,4,7,10-11H2,1-3H3,(H,20,22)(H2,19,24,25)/t13-,15+,16+/m0/s1. The Kier molecular flexibility index (Phi) is 6.96. The molecule has 1 fully saturated rings. The molecule has 0 spiro atoms. The van der Waals surface area contributed by atoms with Crippen LogP contribution in [0, 0.1) is 5.92 Å². The number of carbonyl (C=O) groups excluding carboxylic acids is 2. The van der Waals surface area contributed by atoms with Crippen molar-refractivity contribution in [1.29, 1.82) is 0 Å². The van der Waals surface area contributed by atoms with E-state index >= 15 is 0 Å². The molecule has 1 aromatic carbocycles. The van der Waals surface area contributed by atoms with Crippen molar-refractivity contribution in [3.05, 3.63) is 29.8 Å². The molecule has 1 aliphatic carbocycles. The number of benzene rings is 1.